The van der Waals surface area contributed by atoms with Gasteiger partial charge in [-0.3, -0.25) is 14.4 Å². The second-order valence-electron chi connectivity index (χ2n) is 8.55. The quantitative estimate of drug-likeness (QED) is 0.633. The fraction of sp³-hybridized carbons (Fsp3) is 0.280. The van der Waals surface area contributed by atoms with E-state index in [1.807, 2.05) is 19.2 Å². The summed E-state index contributed by atoms with van der Waals surface area (Å²) in [6, 6.07) is 6.33. The third-order valence-corrected chi connectivity index (χ3v) is 6.29. The number of hydrogen-bond donors (Lipinski definition) is 0. The summed E-state index contributed by atoms with van der Waals surface area (Å²) in [6.07, 6.45) is 15.2. The molecule has 3 aliphatic rings. The largest absolute Gasteiger partial charge is 0.286 e. The number of aromatic nitrogens is 4. The monoisotopic (exact) mass is 393 g/mol. The molecule has 2 aliphatic carbocycles. The minimum Gasteiger partial charge on any atom is -0.286 e. The minimum atomic E-state index is 0.799. The predicted molar refractivity (Wildman–Crippen MR) is 119 cm³/mol. The van der Waals surface area contributed by atoms with Crippen molar-refractivity contribution in [3.63, 3.8) is 0 Å². The van der Waals surface area contributed by atoms with Gasteiger partial charge >= 0.3 is 0 Å². The van der Waals surface area contributed by atoms with Crippen molar-refractivity contribution in [2.45, 2.75) is 39.5 Å². The van der Waals surface area contributed by atoms with Crippen molar-refractivity contribution in [1.82, 2.24) is 19.6 Å². The molecule has 0 N–H and O–H groups in total. The number of aliphatic imine (C=N–C) groups is 1. The Balaban J connectivity index is 1.34. The molecule has 5 heteroatoms. The SMILES string of the molecule is Cc1ccc(C2=CC3=CC(c4ccn5c(CC6CC6)nnc5c4C)=CCC3=N2)cn1. The molecule has 0 atom stereocenters. The Hall–Kier alpha value is -3.34. The zero-order valence-electron chi connectivity index (χ0n) is 17.3. The van der Waals surface area contributed by atoms with Crippen molar-refractivity contribution in [3.8, 4) is 0 Å². The Morgan fingerprint density at radius 2 is 1.93 bits per heavy atom. The van der Waals surface area contributed by atoms with Crippen LogP contribution in [0, 0.1) is 19.8 Å². The molecule has 3 aromatic heterocycles. The summed E-state index contributed by atoms with van der Waals surface area (Å²) in [5.41, 5.74) is 10.00. The standard InChI is InChI=1S/C25H23N5/c1-15-3-6-19(14-26-15)23-13-20-12-18(7-8-22(20)27-23)21-9-10-30-24(11-17-4-5-17)28-29-25(30)16(21)2/h3,6-7,9-10,12-14,17H,4-5,8,11H2,1-2H3. The van der Waals surface area contributed by atoms with E-state index in [0.717, 1.165) is 52.9 Å². The van der Waals surface area contributed by atoms with Crippen molar-refractivity contribution in [2.24, 2.45) is 10.9 Å². The summed E-state index contributed by atoms with van der Waals surface area (Å²) < 4.78 is 2.17. The van der Waals surface area contributed by atoms with Crippen LogP contribution in [-0.4, -0.2) is 25.3 Å². The summed E-state index contributed by atoms with van der Waals surface area (Å²) in [7, 11) is 0. The summed E-state index contributed by atoms with van der Waals surface area (Å²) in [6.45, 7) is 4.15. The van der Waals surface area contributed by atoms with Gasteiger partial charge in [-0.2, -0.15) is 0 Å². The zero-order valence-corrected chi connectivity index (χ0v) is 17.3. The summed E-state index contributed by atoms with van der Waals surface area (Å²) >= 11 is 0. The Morgan fingerprint density at radius 1 is 1.03 bits per heavy atom. The van der Waals surface area contributed by atoms with Gasteiger partial charge < -0.3 is 0 Å². The van der Waals surface area contributed by atoms with Crippen molar-refractivity contribution < 1.29 is 0 Å². The molecule has 0 radical (unpaired) electrons. The highest BCUT2D eigenvalue weighted by atomic mass is 15.2. The lowest BCUT2D eigenvalue weighted by atomic mass is 9.92. The highest BCUT2D eigenvalue weighted by molar-refractivity contribution is 6.14. The molecule has 5 nitrogen and oxygen atoms in total. The lowest BCUT2D eigenvalue weighted by Crippen LogP contribution is -2.04. The van der Waals surface area contributed by atoms with Gasteiger partial charge in [0.1, 0.15) is 5.82 Å². The topological polar surface area (TPSA) is 55.4 Å². The van der Waals surface area contributed by atoms with Crippen LogP contribution in [0.3, 0.4) is 0 Å². The van der Waals surface area contributed by atoms with Gasteiger partial charge in [0, 0.05) is 42.1 Å². The third-order valence-electron chi connectivity index (χ3n) is 6.29. The zero-order chi connectivity index (χ0) is 20.2. The maximum atomic E-state index is 4.85. The van der Waals surface area contributed by atoms with Gasteiger partial charge in [0.05, 0.1) is 11.4 Å². The van der Waals surface area contributed by atoms with E-state index in [2.05, 4.69) is 63.1 Å². The van der Waals surface area contributed by atoms with Crippen LogP contribution >= 0.6 is 0 Å². The third kappa shape index (κ3) is 2.93. The number of nitrogens with zero attached hydrogens (tertiary/aromatic N) is 5. The van der Waals surface area contributed by atoms with Crippen LogP contribution in [0.4, 0.5) is 0 Å². The maximum Gasteiger partial charge on any atom is 0.164 e. The number of rotatable bonds is 4. The maximum absolute atomic E-state index is 4.85. The fourth-order valence-corrected chi connectivity index (χ4v) is 4.31. The van der Waals surface area contributed by atoms with Crippen LogP contribution < -0.4 is 0 Å². The Labute approximate surface area is 175 Å². The first kappa shape index (κ1) is 17.5. The molecule has 0 amide bonds. The van der Waals surface area contributed by atoms with Gasteiger partial charge in [0.2, 0.25) is 0 Å². The molecule has 0 saturated heterocycles. The Kier molecular flexibility index (Phi) is 3.85. The van der Waals surface area contributed by atoms with Crippen molar-refractivity contribution in [3.05, 3.63) is 82.6 Å². The van der Waals surface area contributed by atoms with E-state index in [0.29, 0.717) is 0 Å². The van der Waals surface area contributed by atoms with Crippen LogP contribution in [0.15, 0.2) is 59.4 Å². The summed E-state index contributed by atoms with van der Waals surface area (Å²) in [5, 5.41) is 8.97. The summed E-state index contributed by atoms with van der Waals surface area (Å²) in [5.74, 6) is 1.88. The first-order valence-electron chi connectivity index (χ1n) is 10.6. The number of hydrogen-bond acceptors (Lipinski definition) is 4. The van der Waals surface area contributed by atoms with E-state index in [-0.39, 0.29) is 0 Å². The van der Waals surface area contributed by atoms with Gasteiger partial charge in [-0.05, 0) is 79.7 Å². The van der Waals surface area contributed by atoms with Gasteiger partial charge in [-0.15, -0.1) is 10.2 Å². The molecule has 148 valence electrons. The number of aryl methyl sites for hydroxylation is 2. The van der Waals surface area contributed by atoms with Crippen LogP contribution in [0.2, 0.25) is 0 Å². The molecule has 3 aromatic rings. The second-order valence-corrected chi connectivity index (χ2v) is 8.55. The van der Waals surface area contributed by atoms with Crippen molar-refractivity contribution >= 4 is 22.6 Å². The molecule has 0 unspecified atom stereocenters. The van der Waals surface area contributed by atoms with Crippen LogP contribution in [0.1, 0.15) is 47.5 Å². The van der Waals surface area contributed by atoms with Gasteiger partial charge in [-0.1, -0.05) is 6.08 Å². The Bertz CT molecular complexity index is 1300. The van der Waals surface area contributed by atoms with Gasteiger partial charge in [0.25, 0.3) is 0 Å². The van der Waals surface area contributed by atoms with Gasteiger partial charge in [0.15, 0.2) is 5.65 Å². The van der Waals surface area contributed by atoms with Crippen LogP contribution in [-0.2, 0) is 6.42 Å². The van der Waals surface area contributed by atoms with Crippen molar-refractivity contribution in [2.75, 3.05) is 0 Å². The molecule has 4 heterocycles. The smallest absolute Gasteiger partial charge is 0.164 e. The molecule has 0 spiro atoms. The fourth-order valence-electron chi connectivity index (χ4n) is 4.31. The van der Waals surface area contributed by atoms with E-state index >= 15 is 0 Å². The van der Waals surface area contributed by atoms with Crippen molar-refractivity contribution in [1.29, 1.82) is 0 Å². The molecule has 1 fully saturated rings. The molecule has 1 saturated carbocycles. The number of pyridine rings is 2. The molecular formula is C25H23N5. The minimum absolute atomic E-state index is 0.799. The first-order chi connectivity index (χ1) is 14.7. The Morgan fingerprint density at radius 3 is 2.73 bits per heavy atom. The molecule has 6 rings (SSSR count). The van der Waals surface area contributed by atoms with Crippen LogP contribution in [0.5, 0.6) is 0 Å². The van der Waals surface area contributed by atoms with E-state index < -0.39 is 0 Å². The molecule has 0 bridgehead atoms. The number of fused-ring (bicyclic) bond motifs is 2. The molecule has 1 aliphatic heterocycles. The number of allylic oxidation sites excluding steroid dienone is 5. The highest BCUT2D eigenvalue weighted by Gasteiger charge is 2.25. The van der Waals surface area contributed by atoms with E-state index in [4.69, 9.17) is 4.99 Å². The first-order valence-corrected chi connectivity index (χ1v) is 10.6. The average Bonchev–Trinajstić information content (AvgIpc) is 3.31. The molecular weight excluding hydrogens is 370 g/mol. The predicted octanol–water partition coefficient (Wildman–Crippen LogP) is 4.90. The molecule has 0 aromatic carbocycles. The van der Waals surface area contributed by atoms with E-state index in [1.165, 1.54) is 35.1 Å². The second kappa shape index (κ2) is 6.59. The highest BCUT2D eigenvalue weighted by Crippen LogP contribution is 2.35. The lowest BCUT2D eigenvalue weighted by Gasteiger charge is -2.14. The molecule has 30 heavy (non-hydrogen) atoms. The average molecular weight is 393 g/mol. The van der Waals surface area contributed by atoms with E-state index in [9.17, 15) is 0 Å². The van der Waals surface area contributed by atoms with Crippen LogP contribution in [0.25, 0.3) is 16.9 Å². The summed E-state index contributed by atoms with van der Waals surface area (Å²) in [4.78, 5) is 9.26. The lowest BCUT2D eigenvalue weighted by molar-refractivity contribution is 0.757. The van der Waals surface area contributed by atoms with Gasteiger partial charge in [-0.25, -0.2) is 0 Å². The normalized spacial score (nSPS) is 18.1. The van der Waals surface area contributed by atoms with E-state index in [1.54, 1.807) is 0 Å².